The number of hydrazine groups is 1. The van der Waals surface area contributed by atoms with Gasteiger partial charge in [0.25, 0.3) is 0 Å². The largest absolute Gasteiger partial charge is 0.492 e. The topological polar surface area (TPSA) is 41.6 Å². The van der Waals surface area contributed by atoms with Gasteiger partial charge >= 0.3 is 6.18 Å². The molecule has 0 aromatic heterocycles. The first-order chi connectivity index (χ1) is 12.3. The molecule has 0 bridgehead atoms. The number of hydrogen-bond donors (Lipinski definition) is 1. The molecule has 0 saturated carbocycles. The van der Waals surface area contributed by atoms with Gasteiger partial charge in [-0.25, -0.2) is 5.01 Å². The summed E-state index contributed by atoms with van der Waals surface area (Å²) in [4.78, 5) is 11.5. The van der Waals surface area contributed by atoms with Crippen molar-refractivity contribution in [3.05, 3.63) is 42.0 Å². The number of halogens is 3. The highest BCUT2D eigenvalue weighted by molar-refractivity contribution is 5.90. The van der Waals surface area contributed by atoms with Crippen LogP contribution in [0.1, 0.15) is 31.9 Å². The van der Waals surface area contributed by atoms with Gasteiger partial charge in [-0.2, -0.15) is 13.2 Å². The fourth-order valence-corrected chi connectivity index (χ4v) is 3.09. The third-order valence-electron chi connectivity index (χ3n) is 4.24. The summed E-state index contributed by atoms with van der Waals surface area (Å²) < 4.78 is 47.6. The van der Waals surface area contributed by atoms with E-state index in [1.54, 1.807) is 18.2 Å². The Hall–Kier alpha value is -2.28. The Morgan fingerprint density at radius 1 is 1.19 bits per heavy atom. The normalized spacial score (nSPS) is 16.9. The second-order valence-corrected chi connectivity index (χ2v) is 6.83. The van der Waals surface area contributed by atoms with Crippen molar-refractivity contribution in [2.75, 3.05) is 13.2 Å². The first kappa shape index (κ1) is 18.5. The van der Waals surface area contributed by atoms with E-state index >= 15 is 0 Å². The van der Waals surface area contributed by atoms with Crippen LogP contribution in [-0.4, -0.2) is 30.2 Å². The first-order valence-corrected chi connectivity index (χ1v) is 8.54. The molecule has 1 saturated heterocycles. The van der Waals surface area contributed by atoms with Gasteiger partial charge in [0, 0.05) is 23.9 Å². The molecule has 1 unspecified atom stereocenters. The van der Waals surface area contributed by atoms with Gasteiger partial charge in [0.15, 0.2) is 6.04 Å². The van der Waals surface area contributed by atoms with E-state index in [1.165, 1.54) is 6.07 Å². The summed E-state index contributed by atoms with van der Waals surface area (Å²) >= 11 is 0. The monoisotopic (exact) mass is 366 g/mol. The summed E-state index contributed by atoms with van der Waals surface area (Å²) in [7, 11) is 0. The molecule has 3 rings (SSSR count). The third-order valence-corrected chi connectivity index (χ3v) is 4.24. The van der Waals surface area contributed by atoms with Crippen molar-refractivity contribution in [1.82, 2.24) is 10.4 Å². The van der Waals surface area contributed by atoms with Gasteiger partial charge in [0.05, 0.1) is 6.61 Å². The molecule has 0 radical (unpaired) electrons. The molecule has 0 spiro atoms. The molecule has 4 nitrogen and oxygen atoms in total. The molecule has 2 aromatic rings. The minimum atomic E-state index is -4.56. The van der Waals surface area contributed by atoms with Crippen LogP contribution in [0, 0.1) is 5.92 Å². The van der Waals surface area contributed by atoms with Gasteiger partial charge in [-0.3, -0.25) is 10.2 Å². The molecule has 1 N–H and O–H groups in total. The number of carbonyl (C=O) groups excluding carboxylic acids is 1. The van der Waals surface area contributed by atoms with Crippen molar-refractivity contribution in [3.8, 4) is 5.75 Å². The van der Waals surface area contributed by atoms with Gasteiger partial charge in [-0.1, -0.05) is 50.2 Å². The minimum absolute atomic E-state index is 0.000538. The van der Waals surface area contributed by atoms with E-state index < -0.39 is 18.1 Å². The van der Waals surface area contributed by atoms with Gasteiger partial charge in [0.1, 0.15) is 5.75 Å². The number of rotatable bonds is 5. The molecule has 1 heterocycles. The third kappa shape index (κ3) is 3.77. The quantitative estimate of drug-likeness (QED) is 0.862. The van der Waals surface area contributed by atoms with Gasteiger partial charge in [-0.15, -0.1) is 0 Å². The molecular weight excluding hydrogens is 345 g/mol. The zero-order valence-electron chi connectivity index (χ0n) is 14.6. The summed E-state index contributed by atoms with van der Waals surface area (Å²) in [5, 5.41) is 2.39. The van der Waals surface area contributed by atoms with E-state index in [1.807, 2.05) is 26.0 Å². The number of nitrogens with zero attached hydrogens (tertiary/aromatic N) is 1. The second kappa shape index (κ2) is 7.15. The maximum Gasteiger partial charge on any atom is 0.410 e. The maximum atomic E-state index is 13.9. The van der Waals surface area contributed by atoms with Crippen molar-refractivity contribution in [1.29, 1.82) is 0 Å². The average molecular weight is 366 g/mol. The Bertz CT molecular complexity index is 805. The van der Waals surface area contributed by atoms with E-state index in [-0.39, 0.29) is 30.2 Å². The number of amides is 1. The number of fused-ring (bicyclic) bond motifs is 1. The highest BCUT2D eigenvalue weighted by Crippen LogP contribution is 2.44. The Kier molecular flexibility index (Phi) is 5.09. The average Bonchev–Trinajstić information content (AvgIpc) is 2.98. The van der Waals surface area contributed by atoms with Crippen LogP contribution in [0.4, 0.5) is 13.2 Å². The highest BCUT2D eigenvalue weighted by atomic mass is 19.4. The van der Waals surface area contributed by atoms with E-state index in [4.69, 9.17) is 4.74 Å². The molecule has 1 atom stereocenters. The maximum absolute atomic E-state index is 13.9. The fraction of sp³-hybridized carbons (Fsp3) is 0.421. The molecule has 140 valence electrons. The Balaban J connectivity index is 2.13. The smallest absolute Gasteiger partial charge is 0.410 e. The van der Waals surface area contributed by atoms with Gasteiger partial charge in [0.2, 0.25) is 5.91 Å². The lowest BCUT2D eigenvalue weighted by Crippen LogP contribution is -2.43. The van der Waals surface area contributed by atoms with E-state index in [0.29, 0.717) is 12.0 Å². The lowest BCUT2D eigenvalue weighted by molar-refractivity contribution is -0.191. The van der Waals surface area contributed by atoms with E-state index in [2.05, 4.69) is 5.43 Å². The summed E-state index contributed by atoms with van der Waals surface area (Å²) in [6, 6.07) is 8.33. The molecule has 7 heteroatoms. The minimum Gasteiger partial charge on any atom is -0.492 e. The number of carbonyl (C=O) groups is 1. The second-order valence-electron chi connectivity index (χ2n) is 6.83. The summed E-state index contributed by atoms with van der Waals surface area (Å²) in [5.74, 6) is -0.0254. The molecule has 2 aromatic carbocycles. The van der Waals surface area contributed by atoms with Crippen LogP contribution in [0.2, 0.25) is 0 Å². The van der Waals surface area contributed by atoms with Crippen molar-refractivity contribution in [3.63, 3.8) is 0 Å². The van der Waals surface area contributed by atoms with Crippen molar-refractivity contribution in [2.24, 2.45) is 5.92 Å². The number of ether oxygens (including phenoxy) is 1. The van der Waals surface area contributed by atoms with Crippen LogP contribution in [0.3, 0.4) is 0 Å². The summed E-state index contributed by atoms with van der Waals surface area (Å²) in [5.41, 5.74) is 2.33. The molecular formula is C19H21F3N2O2. The van der Waals surface area contributed by atoms with Gasteiger partial charge in [-0.05, 0) is 11.3 Å². The molecule has 1 fully saturated rings. The molecule has 1 aliphatic heterocycles. The predicted octanol–water partition coefficient (Wildman–Crippen LogP) is 4.21. The molecule has 26 heavy (non-hydrogen) atoms. The zero-order chi connectivity index (χ0) is 18.9. The van der Waals surface area contributed by atoms with E-state index in [9.17, 15) is 18.0 Å². The number of nitrogens with one attached hydrogen (secondary N) is 1. The molecule has 0 aliphatic carbocycles. The summed E-state index contributed by atoms with van der Waals surface area (Å²) in [6.07, 6.45) is -4.52. The highest BCUT2D eigenvalue weighted by Gasteiger charge is 2.48. The van der Waals surface area contributed by atoms with E-state index in [0.717, 1.165) is 10.4 Å². The fourth-order valence-electron chi connectivity index (χ4n) is 3.09. The van der Waals surface area contributed by atoms with Crippen molar-refractivity contribution >= 4 is 16.7 Å². The molecule has 1 aliphatic rings. The Morgan fingerprint density at radius 3 is 2.54 bits per heavy atom. The number of hydrogen-bond acceptors (Lipinski definition) is 3. The first-order valence-electron chi connectivity index (χ1n) is 8.54. The Labute approximate surface area is 149 Å². The van der Waals surface area contributed by atoms with Crippen LogP contribution in [-0.2, 0) is 4.79 Å². The SMILES string of the molecule is CC(C)COc1c(C(N2CCC(=O)N2)C(F)(F)F)ccc2ccccc12. The van der Waals surface area contributed by atoms with Crippen LogP contribution in [0.15, 0.2) is 36.4 Å². The standard InChI is InChI=1S/C19H21F3N2O2/c1-12(2)11-26-17-14-6-4-3-5-13(14)7-8-15(17)18(19(20,21)22)24-10-9-16(25)23-24/h3-8,12,18H,9-11H2,1-2H3,(H,23,25). The summed E-state index contributed by atoms with van der Waals surface area (Å²) in [6.45, 7) is 4.18. The Morgan fingerprint density at radius 2 is 1.92 bits per heavy atom. The van der Waals surface area contributed by atoms with Gasteiger partial charge < -0.3 is 4.74 Å². The lowest BCUT2D eigenvalue weighted by atomic mass is 9.99. The molecule has 1 amide bonds. The number of benzene rings is 2. The zero-order valence-corrected chi connectivity index (χ0v) is 14.6. The lowest BCUT2D eigenvalue weighted by Gasteiger charge is -2.31. The van der Waals surface area contributed by atoms with Crippen molar-refractivity contribution < 1.29 is 22.7 Å². The number of alkyl halides is 3. The van der Waals surface area contributed by atoms with Crippen LogP contribution in [0.5, 0.6) is 5.75 Å². The van der Waals surface area contributed by atoms with Crippen LogP contribution in [0.25, 0.3) is 10.8 Å². The van der Waals surface area contributed by atoms with Crippen LogP contribution >= 0.6 is 0 Å². The van der Waals surface area contributed by atoms with Crippen LogP contribution < -0.4 is 10.2 Å². The van der Waals surface area contributed by atoms with Crippen molar-refractivity contribution in [2.45, 2.75) is 32.5 Å². The predicted molar refractivity (Wildman–Crippen MR) is 92.5 cm³/mol.